The summed E-state index contributed by atoms with van der Waals surface area (Å²) in [6, 6.07) is 16.7. The van der Waals surface area contributed by atoms with Gasteiger partial charge in [-0.05, 0) is 43.3 Å². The van der Waals surface area contributed by atoms with Crippen LogP contribution < -0.4 is 0 Å². The van der Waals surface area contributed by atoms with Crippen LogP contribution in [-0.4, -0.2) is 41.5 Å². The average Bonchev–Trinajstić information content (AvgIpc) is 3.05. The number of hydrogen-bond acceptors (Lipinski definition) is 3. The second-order valence-corrected chi connectivity index (χ2v) is 6.41. The van der Waals surface area contributed by atoms with Crippen molar-refractivity contribution in [3.8, 4) is 11.8 Å². The number of benzene rings is 2. The van der Waals surface area contributed by atoms with Gasteiger partial charge in [-0.3, -0.25) is 4.79 Å². The third kappa shape index (κ3) is 4.07. The highest BCUT2D eigenvalue weighted by Crippen LogP contribution is 2.19. The Morgan fingerprint density at radius 3 is 2.50 bits per heavy atom. The van der Waals surface area contributed by atoms with Gasteiger partial charge >= 0.3 is 5.97 Å². The summed E-state index contributed by atoms with van der Waals surface area (Å²) in [7, 11) is 3.62. The second kappa shape index (κ2) is 8.45. The Morgan fingerprint density at radius 1 is 1.11 bits per heavy atom. The quantitative estimate of drug-likeness (QED) is 0.519. The average molecular weight is 374 g/mol. The maximum absolute atomic E-state index is 12.7. The minimum absolute atomic E-state index is 0.0781. The summed E-state index contributed by atoms with van der Waals surface area (Å²) in [6.07, 6.45) is 0. The molecular weight excluding hydrogens is 352 g/mol. The van der Waals surface area contributed by atoms with E-state index < -0.39 is 0 Å². The molecule has 0 aliphatic heterocycles. The van der Waals surface area contributed by atoms with Gasteiger partial charge in [0.2, 0.25) is 0 Å². The minimum Gasteiger partial charge on any atom is -0.462 e. The van der Waals surface area contributed by atoms with Gasteiger partial charge in [-0.15, -0.1) is 0 Å². The molecule has 142 valence electrons. The van der Waals surface area contributed by atoms with Crippen molar-refractivity contribution in [3.63, 3.8) is 0 Å². The van der Waals surface area contributed by atoms with Crippen LogP contribution in [0, 0.1) is 11.8 Å². The van der Waals surface area contributed by atoms with Crippen LogP contribution in [-0.2, 0) is 11.8 Å². The van der Waals surface area contributed by atoms with Gasteiger partial charge in [0, 0.05) is 30.6 Å². The molecule has 0 saturated carbocycles. The summed E-state index contributed by atoms with van der Waals surface area (Å²) in [5.41, 5.74) is 2.92. The standard InChI is InChI=1S/C23H22N2O3/c1-4-28-23(27)18-13-11-17(12-14-18)8-7-15-24(2)22(26)21-16-19-9-5-6-10-20(19)25(21)3/h5-6,9-14,16H,4,15H2,1-3H3. The van der Waals surface area contributed by atoms with E-state index in [0.29, 0.717) is 24.4 Å². The summed E-state index contributed by atoms with van der Waals surface area (Å²) in [4.78, 5) is 26.0. The molecule has 0 N–H and O–H groups in total. The van der Waals surface area contributed by atoms with Crippen LogP contribution in [0.4, 0.5) is 0 Å². The largest absolute Gasteiger partial charge is 0.462 e. The predicted molar refractivity (Wildman–Crippen MR) is 109 cm³/mol. The van der Waals surface area contributed by atoms with E-state index in [-0.39, 0.29) is 11.9 Å². The highest BCUT2D eigenvalue weighted by Gasteiger charge is 2.16. The molecule has 0 aliphatic rings. The smallest absolute Gasteiger partial charge is 0.338 e. The van der Waals surface area contributed by atoms with Gasteiger partial charge in [0.25, 0.3) is 5.91 Å². The van der Waals surface area contributed by atoms with Crippen molar-refractivity contribution in [2.75, 3.05) is 20.2 Å². The molecule has 3 aromatic rings. The molecule has 0 unspecified atom stereocenters. The zero-order chi connectivity index (χ0) is 20.1. The lowest BCUT2D eigenvalue weighted by Gasteiger charge is -2.14. The highest BCUT2D eigenvalue weighted by atomic mass is 16.5. The van der Waals surface area contributed by atoms with E-state index in [9.17, 15) is 9.59 Å². The predicted octanol–water partition coefficient (Wildman–Crippen LogP) is 3.48. The third-order valence-corrected chi connectivity index (χ3v) is 4.46. The molecule has 1 aromatic heterocycles. The van der Waals surface area contributed by atoms with Crippen molar-refractivity contribution in [1.82, 2.24) is 9.47 Å². The number of aromatic nitrogens is 1. The molecule has 0 radical (unpaired) electrons. The molecule has 3 rings (SSSR count). The number of ether oxygens (including phenoxy) is 1. The summed E-state index contributed by atoms with van der Waals surface area (Å²) in [6.45, 7) is 2.42. The molecule has 5 nitrogen and oxygen atoms in total. The van der Waals surface area contributed by atoms with Crippen LogP contribution in [0.25, 0.3) is 10.9 Å². The van der Waals surface area contributed by atoms with E-state index in [0.717, 1.165) is 16.5 Å². The van der Waals surface area contributed by atoms with Gasteiger partial charge in [-0.1, -0.05) is 30.0 Å². The highest BCUT2D eigenvalue weighted by molar-refractivity contribution is 5.98. The van der Waals surface area contributed by atoms with Crippen LogP contribution in [0.3, 0.4) is 0 Å². The Bertz CT molecular complexity index is 1070. The number of aryl methyl sites for hydroxylation is 1. The normalized spacial score (nSPS) is 10.2. The number of amides is 1. The molecule has 0 atom stereocenters. The molecule has 2 aromatic carbocycles. The fourth-order valence-electron chi connectivity index (χ4n) is 2.93. The third-order valence-electron chi connectivity index (χ3n) is 4.46. The Balaban J connectivity index is 1.67. The van der Waals surface area contributed by atoms with Gasteiger partial charge < -0.3 is 14.2 Å². The molecule has 28 heavy (non-hydrogen) atoms. The van der Waals surface area contributed by atoms with Crippen LogP contribution >= 0.6 is 0 Å². The molecular formula is C23H22N2O3. The SMILES string of the molecule is CCOC(=O)c1ccc(C#CCN(C)C(=O)c2cc3ccccc3n2C)cc1. The molecule has 5 heteroatoms. The first-order valence-corrected chi connectivity index (χ1v) is 9.07. The number of para-hydroxylation sites is 1. The number of carbonyl (C=O) groups is 2. The van der Waals surface area contributed by atoms with Crippen molar-refractivity contribution < 1.29 is 14.3 Å². The number of fused-ring (bicyclic) bond motifs is 1. The summed E-state index contributed by atoms with van der Waals surface area (Å²) >= 11 is 0. The molecule has 0 spiro atoms. The zero-order valence-electron chi connectivity index (χ0n) is 16.2. The van der Waals surface area contributed by atoms with Crippen LogP contribution in [0.5, 0.6) is 0 Å². The van der Waals surface area contributed by atoms with Gasteiger partial charge in [0.1, 0.15) is 5.69 Å². The van der Waals surface area contributed by atoms with E-state index in [1.54, 1.807) is 43.1 Å². The summed E-state index contributed by atoms with van der Waals surface area (Å²) in [5.74, 6) is 5.60. The fraction of sp³-hybridized carbons (Fsp3) is 0.217. The lowest BCUT2D eigenvalue weighted by Crippen LogP contribution is -2.28. The molecule has 0 aliphatic carbocycles. The Morgan fingerprint density at radius 2 is 1.82 bits per heavy atom. The summed E-state index contributed by atoms with van der Waals surface area (Å²) in [5, 5.41) is 1.04. The Kier molecular flexibility index (Phi) is 5.81. The van der Waals surface area contributed by atoms with Gasteiger partial charge in [0.15, 0.2) is 0 Å². The zero-order valence-corrected chi connectivity index (χ0v) is 16.2. The Labute approximate surface area is 164 Å². The van der Waals surface area contributed by atoms with E-state index in [4.69, 9.17) is 4.74 Å². The molecule has 0 bridgehead atoms. The van der Waals surface area contributed by atoms with Crippen molar-refractivity contribution >= 4 is 22.8 Å². The number of rotatable bonds is 4. The number of esters is 1. The van der Waals surface area contributed by atoms with E-state index in [1.807, 2.05) is 41.9 Å². The molecule has 1 amide bonds. The second-order valence-electron chi connectivity index (χ2n) is 6.41. The van der Waals surface area contributed by atoms with E-state index in [2.05, 4.69) is 11.8 Å². The van der Waals surface area contributed by atoms with Gasteiger partial charge in [-0.25, -0.2) is 4.79 Å². The van der Waals surface area contributed by atoms with Crippen LogP contribution in [0.1, 0.15) is 33.3 Å². The maximum atomic E-state index is 12.7. The summed E-state index contributed by atoms with van der Waals surface area (Å²) < 4.78 is 6.86. The number of hydrogen-bond donors (Lipinski definition) is 0. The molecule has 1 heterocycles. The lowest BCUT2D eigenvalue weighted by atomic mass is 10.1. The number of nitrogens with zero attached hydrogens (tertiary/aromatic N) is 2. The Hall–Kier alpha value is -3.52. The minimum atomic E-state index is -0.345. The van der Waals surface area contributed by atoms with Crippen molar-refractivity contribution in [2.45, 2.75) is 6.92 Å². The monoisotopic (exact) mass is 374 g/mol. The van der Waals surface area contributed by atoms with Gasteiger partial charge in [0.05, 0.1) is 18.7 Å². The van der Waals surface area contributed by atoms with Crippen LogP contribution in [0.2, 0.25) is 0 Å². The van der Waals surface area contributed by atoms with E-state index >= 15 is 0 Å². The van der Waals surface area contributed by atoms with Crippen LogP contribution in [0.15, 0.2) is 54.6 Å². The first-order chi connectivity index (χ1) is 13.5. The topological polar surface area (TPSA) is 51.5 Å². The maximum Gasteiger partial charge on any atom is 0.338 e. The molecule has 0 saturated heterocycles. The van der Waals surface area contributed by atoms with E-state index in [1.165, 1.54) is 0 Å². The lowest BCUT2D eigenvalue weighted by molar-refractivity contribution is 0.0526. The van der Waals surface area contributed by atoms with Crippen molar-refractivity contribution in [1.29, 1.82) is 0 Å². The van der Waals surface area contributed by atoms with Crippen molar-refractivity contribution in [2.24, 2.45) is 7.05 Å². The van der Waals surface area contributed by atoms with Gasteiger partial charge in [-0.2, -0.15) is 0 Å². The number of carbonyl (C=O) groups excluding carboxylic acids is 2. The fourth-order valence-corrected chi connectivity index (χ4v) is 2.93. The van der Waals surface area contributed by atoms with Crippen molar-refractivity contribution in [3.05, 3.63) is 71.4 Å². The molecule has 0 fully saturated rings. The first kappa shape index (κ1) is 19.2. The first-order valence-electron chi connectivity index (χ1n) is 9.07.